The maximum atomic E-state index is 11.9. The van der Waals surface area contributed by atoms with Crippen LogP contribution in [0.4, 0.5) is 5.82 Å². The smallest absolute Gasteiger partial charge is 0.342 e. The van der Waals surface area contributed by atoms with Crippen LogP contribution in [0, 0.1) is 0 Å². The van der Waals surface area contributed by atoms with E-state index < -0.39 is 5.97 Å². The molecule has 22 heavy (non-hydrogen) atoms. The van der Waals surface area contributed by atoms with Gasteiger partial charge in [-0.2, -0.15) is 0 Å². The number of hydrogen-bond acceptors (Lipinski definition) is 6. The molecule has 2 heterocycles. The predicted octanol–water partition coefficient (Wildman–Crippen LogP) is 1.73. The van der Waals surface area contributed by atoms with Gasteiger partial charge in [0.05, 0.1) is 6.61 Å². The van der Waals surface area contributed by atoms with Crippen molar-refractivity contribution < 1.29 is 14.3 Å². The van der Waals surface area contributed by atoms with Crippen LogP contribution >= 0.6 is 11.6 Å². The normalized spacial score (nSPS) is 15.8. The third kappa shape index (κ3) is 4.07. The molecule has 1 atom stereocenters. The standard InChI is InChI=1S/C14H19ClN4O3/c1-3-22-14(21)10-7-11(15)17-18-13(10)16-9(2)8-19-6-4-5-12(19)20/h7,9H,3-6,8H2,1-2H3,(H,16,18). The molecule has 7 nitrogen and oxygen atoms in total. The first-order chi connectivity index (χ1) is 10.5. The summed E-state index contributed by atoms with van der Waals surface area (Å²) in [4.78, 5) is 25.4. The number of halogens is 1. The Bertz CT molecular complexity index is 567. The predicted molar refractivity (Wildman–Crippen MR) is 81.9 cm³/mol. The van der Waals surface area contributed by atoms with E-state index in [9.17, 15) is 9.59 Å². The Hall–Kier alpha value is -1.89. The number of likely N-dealkylation sites (tertiary alicyclic amines) is 1. The van der Waals surface area contributed by atoms with Crippen LogP contribution in [0.3, 0.4) is 0 Å². The molecule has 1 aromatic rings. The summed E-state index contributed by atoms with van der Waals surface area (Å²) in [6.45, 7) is 5.21. The molecule has 0 aliphatic carbocycles. The van der Waals surface area contributed by atoms with Gasteiger partial charge >= 0.3 is 5.97 Å². The molecular weight excluding hydrogens is 308 g/mol. The van der Waals surface area contributed by atoms with Gasteiger partial charge in [-0.25, -0.2) is 4.79 Å². The third-order valence-corrected chi connectivity index (χ3v) is 3.49. The summed E-state index contributed by atoms with van der Waals surface area (Å²) in [5.41, 5.74) is 0.237. The van der Waals surface area contributed by atoms with E-state index in [0.717, 1.165) is 13.0 Å². The molecular formula is C14H19ClN4O3. The highest BCUT2D eigenvalue weighted by Crippen LogP contribution is 2.18. The molecule has 0 radical (unpaired) electrons. The average molecular weight is 327 g/mol. The molecule has 0 bridgehead atoms. The van der Waals surface area contributed by atoms with E-state index in [4.69, 9.17) is 16.3 Å². The number of carbonyl (C=O) groups is 2. The molecule has 2 rings (SSSR count). The van der Waals surface area contributed by atoms with E-state index in [1.807, 2.05) is 6.92 Å². The minimum Gasteiger partial charge on any atom is -0.462 e. The van der Waals surface area contributed by atoms with Crippen molar-refractivity contribution in [2.45, 2.75) is 32.7 Å². The highest BCUT2D eigenvalue weighted by Gasteiger charge is 2.23. The maximum absolute atomic E-state index is 11.9. The number of carbonyl (C=O) groups excluding carboxylic acids is 2. The average Bonchev–Trinajstić information content (AvgIpc) is 2.86. The fraction of sp³-hybridized carbons (Fsp3) is 0.571. The number of nitrogens with zero attached hydrogens (tertiary/aromatic N) is 3. The van der Waals surface area contributed by atoms with Crippen LogP contribution in [0.1, 0.15) is 37.0 Å². The summed E-state index contributed by atoms with van der Waals surface area (Å²) in [5.74, 6) is -0.0466. The van der Waals surface area contributed by atoms with Gasteiger partial charge in [0.25, 0.3) is 0 Å². The van der Waals surface area contributed by atoms with Gasteiger partial charge in [0.2, 0.25) is 5.91 Å². The molecule has 0 spiro atoms. The van der Waals surface area contributed by atoms with Gasteiger partial charge in [0.15, 0.2) is 11.0 Å². The Kier molecular flexibility index (Phi) is 5.54. The first-order valence-electron chi connectivity index (χ1n) is 7.26. The Morgan fingerprint density at radius 2 is 2.32 bits per heavy atom. The monoisotopic (exact) mass is 326 g/mol. The lowest BCUT2D eigenvalue weighted by molar-refractivity contribution is -0.127. The summed E-state index contributed by atoms with van der Waals surface area (Å²) in [6, 6.07) is 1.34. The molecule has 0 aromatic carbocycles. The molecule has 1 saturated heterocycles. The van der Waals surface area contributed by atoms with Crippen molar-refractivity contribution >= 4 is 29.3 Å². The molecule has 1 aliphatic heterocycles. The van der Waals surface area contributed by atoms with Gasteiger partial charge in [-0.1, -0.05) is 11.6 Å². The number of nitrogens with one attached hydrogen (secondary N) is 1. The number of aromatic nitrogens is 2. The van der Waals surface area contributed by atoms with Crippen molar-refractivity contribution in [3.8, 4) is 0 Å². The zero-order valence-corrected chi connectivity index (χ0v) is 13.4. The Labute approximate surface area is 134 Å². The van der Waals surface area contributed by atoms with E-state index in [1.54, 1.807) is 11.8 Å². The Balaban J connectivity index is 2.07. The Morgan fingerprint density at radius 3 is 2.95 bits per heavy atom. The SMILES string of the molecule is CCOC(=O)c1cc(Cl)nnc1NC(C)CN1CCCC1=O. The van der Waals surface area contributed by atoms with Gasteiger partial charge in [-0.05, 0) is 26.3 Å². The molecule has 1 fully saturated rings. The van der Waals surface area contributed by atoms with E-state index in [2.05, 4.69) is 15.5 Å². The quantitative estimate of drug-likeness (QED) is 0.801. The zero-order chi connectivity index (χ0) is 16.1. The second-order valence-electron chi connectivity index (χ2n) is 5.14. The van der Waals surface area contributed by atoms with Crippen LogP contribution < -0.4 is 5.32 Å². The van der Waals surface area contributed by atoms with Crippen LogP contribution in [-0.2, 0) is 9.53 Å². The minimum atomic E-state index is -0.508. The van der Waals surface area contributed by atoms with Crippen molar-refractivity contribution in [3.05, 3.63) is 16.8 Å². The van der Waals surface area contributed by atoms with Crippen molar-refractivity contribution in [2.75, 3.05) is 25.0 Å². The topological polar surface area (TPSA) is 84.4 Å². The van der Waals surface area contributed by atoms with Gasteiger partial charge < -0.3 is 15.0 Å². The molecule has 0 saturated carbocycles. The van der Waals surface area contributed by atoms with Gasteiger partial charge in [0.1, 0.15) is 5.56 Å². The molecule has 1 aromatic heterocycles. The second-order valence-corrected chi connectivity index (χ2v) is 5.53. The summed E-state index contributed by atoms with van der Waals surface area (Å²) in [6.07, 6.45) is 1.49. The Morgan fingerprint density at radius 1 is 1.55 bits per heavy atom. The third-order valence-electron chi connectivity index (χ3n) is 3.31. The summed E-state index contributed by atoms with van der Waals surface area (Å²) >= 11 is 5.79. The molecule has 1 N–H and O–H groups in total. The number of esters is 1. The molecule has 1 aliphatic rings. The maximum Gasteiger partial charge on any atom is 0.342 e. The van der Waals surface area contributed by atoms with Gasteiger partial charge in [-0.3, -0.25) is 4.79 Å². The van der Waals surface area contributed by atoms with Crippen LogP contribution in [0.5, 0.6) is 0 Å². The summed E-state index contributed by atoms with van der Waals surface area (Å²) in [7, 11) is 0. The first-order valence-corrected chi connectivity index (χ1v) is 7.63. The molecule has 120 valence electrons. The number of anilines is 1. The highest BCUT2D eigenvalue weighted by atomic mass is 35.5. The number of hydrogen-bond donors (Lipinski definition) is 1. The lowest BCUT2D eigenvalue weighted by Gasteiger charge is -2.22. The van der Waals surface area contributed by atoms with Gasteiger partial charge in [0, 0.05) is 25.6 Å². The zero-order valence-electron chi connectivity index (χ0n) is 12.6. The molecule has 1 amide bonds. The van der Waals surface area contributed by atoms with Crippen molar-refractivity contribution in [1.82, 2.24) is 15.1 Å². The number of ether oxygens (including phenoxy) is 1. The first kappa shape index (κ1) is 16.5. The molecule has 8 heteroatoms. The minimum absolute atomic E-state index is 0.0781. The van der Waals surface area contributed by atoms with E-state index in [0.29, 0.717) is 18.8 Å². The summed E-state index contributed by atoms with van der Waals surface area (Å²) < 4.78 is 4.99. The van der Waals surface area contributed by atoms with Crippen LogP contribution in [0.2, 0.25) is 5.15 Å². The van der Waals surface area contributed by atoms with Crippen LogP contribution in [-0.4, -0.2) is 52.7 Å². The van der Waals surface area contributed by atoms with E-state index >= 15 is 0 Å². The van der Waals surface area contributed by atoms with Crippen LogP contribution in [0.25, 0.3) is 0 Å². The lowest BCUT2D eigenvalue weighted by atomic mass is 10.2. The lowest BCUT2D eigenvalue weighted by Crippen LogP contribution is -2.36. The fourth-order valence-corrected chi connectivity index (χ4v) is 2.49. The number of amides is 1. The number of rotatable bonds is 6. The largest absolute Gasteiger partial charge is 0.462 e. The summed E-state index contributed by atoms with van der Waals surface area (Å²) in [5, 5.41) is 10.9. The van der Waals surface area contributed by atoms with E-state index in [-0.39, 0.29) is 29.3 Å². The second kappa shape index (κ2) is 7.40. The molecule has 1 unspecified atom stereocenters. The van der Waals surface area contributed by atoms with Crippen molar-refractivity contribution in [3.63, 3.8) is 0 Å². The van der Waals surface area contributed by atoms with Crippen molar-refractivity contribution in [1.29, 1.82) is 0 Å². The highest BCUT2D eigenvalue weighted by molar-refractivity contribution is 6.29. The fourth-order valence-electron chi connectivity index (χ4n) is 2.35. The van der Waals surface area contributed by atoms with Gasteiger partial charge in [-0.15, -0.1) is 10.2 Å². The van der Waals surface area contributed by atoms with Crippen molar-refractivity contribution in [2.24, 2.45) is 0 Å². The van der Waals surface area contributed by atoms with E-state index in [1.165, 1.54) is 6.07 Å². The van der Waals surface area contributed by atoms with Crippen LogP contribution in [0.15, 0.2) is 6.07 Å².